The highest BCUT2D eigenvalue weighted by Gasteiger charge is 2.59. The Hall–Kier alpha value is -0.790. The summed E-state index contributed by atoms with van der Waals surface area (Å²) in [5.74, 6) is 5.36. The van der Waals surface area contributed by atoms with Gasteiger partial charge in [-0.2, -0.15) is 0 Å². The van der Waals surface area contributed by atoms with Gasteiger partial charge in [0.25, 0.3) is 0 Å². The third-order valence-electron chi connectivity index (χ3n) is 10.8. The molecule has 4 aliphatic rings. The van der Waals surface area contributed by atoms with Gasteiger partial charge < -0.3 is 5.73 Å². The zero-order valence-electron chi connectivity index (χ0n) is 19.5. The molecular weight excluding hydrogens is 354 g/mol. The lowest BCUT2D eigenvalue weighted by Gasteiger charge is -2.61. The number of fused-ring (bicyclic) bond motifs is 5. The summed E-state index contributed by atoms with van der Waals surface area (Å²) >= 11 is 0. The summed E-state index contributed by atoms with van der Waals surface area (Å²) < 4.78 is 0. The number of nitrogens with two attached hydrogens (primary N) is 1. The minimum atomic E-state index is -0.268. The lowest BCUT2D eigenvalue weighted by Crippen LogP contribution is -2.53. The van der Waals surface area contributed by atoms with Gasteiger partial charge in [-0.25, -0.2) is 0 Å². The highest BCUT2D eigenvalue weighted by atomic mass is 16.1. The van der Waals surface area contributed by atoms with Gasteiger partial charge in [0.2, 0.25) is 5.91 Å². The average molecular weight is 400 g/mol. The van der Waals surface area contributed by atoms with Gasteiger partial charge in [-0.3, -0.25) is 4.79 Å². The van der Waals surface area contributed by atoms with Crippen molar-refractivity contribution in [3.63, 3.8) is 0 Å². The van der Waals surface area contributed by atoms with Crippen molar-refractivity contribution in [3.8, 4) is 0 Å². The SMILES string of the molecule is CC(=CCC[C@@H](C)[C@H]1CC[C@H]2[C@@H]3CCC4CCCC[C@]4(C)[C@H]3CC[C@]12C)C(N)=O. The Kier molecular flexibility index (Phi) is 5.95. The fourth-order valence-electron chi connectivity index (χ4n) is 9.13. The van der Waals surface area contributed by atoms with Gasteiger partial charge in [-0.1, -0.05) is 39.7 Å². The van der Waals surface area contributed by atoms with E-state index in [0.717, 1.165) is 47.5 Å². The second-order valence-electron chi connectivity index (χ2n) is 11.9. The standard InChI is InChI=1S/C27H45NO/c1-18(8-7-9-19(2)25(28)29)22-13-14-23-21-12-11-20-10-5-6-16-26(20,3)24(21)15-17-27(22,23)4/h9,18,20-24H,5-8,10-17H2,1-4H3,(H2,28,29)/t18-,20?,21+,22-,23+,24+,26+,27-/m1/s1. The van der Waals surface area contributed by atoms with Gasteiger partial charge in [0.1, 0.15) is 0 Å². The van der Waals surface area contributed by atoms with E-state index in [1.165, 1.54) is 70.6 Å². The molecular formula is C27H45NO. The van der Waals surface area contributed by atoms with Crippen molar-refractivity contribution in [1.29, 1.82) is 0 Å². The van der Waals surface area contributed by atoms with Crippen LogP contribution in [0.25, 0.3) is 0 Å². The predicted molar refractivity (Wildman–Crippen MR) is 121 cm³/mol. The first-order valence-corrected chi connectivity index (χ1v) is 12.7. The number of amides is 1. The number of carbonyl (C=O) groups is 1. The zero-order chi connectivity index (χ0) is 20.8. The topological polar surface area (TPSA) is 43.1 Å². The summed E-state index contributed by atoms with van der Waals surface area (Å²) in [6, 6.07) is 0. The van der Waals surface area contributed by atoms with Crippen molar-refractivity contribution in [3.05, 3.63) is 11.6 Å². The molecule has 0 saturated heterocycles. The largest absolute Gasteiger partial charge is 0.366 e. The summed E-state index contributed by atoms with van der Waals surface area (Å²) in [5, 5.41) is 0. The minimum absolute atomic E-state index is 0.268. The number of carbonyl (C=O) groups excluding carboxylic acids is 1. The quantitative estimate of drug-likeness (QED) is 0.503. The summed E-state index contributed by atoms with van der Waals surface area (Å²) in [7, 11) is 0. The summed E-state index contributed by atoms with van der Waals surface area (Å²) in [4.78, 5) is 11.3. The molecule has 0 bridgehead atoms. The Morgan fingerprint density at radius 1 is 1.00 bits per heavy atom. The molecule has 4 rings (SSSR count). The van der Waals surface area contributed by atoms with Gasteiger partial charge in [0, 0.05) is 5.57 Å². The summed E-state index contributed by atoms with van der Waals surface area (Å²) in [6.45, 7) is 9.70. The predicted octanol–water partition coefficient (Wildman–Crippen LogP) is 6.88. The highest BCUT2D eigenvalue weighted by Crippen LogP contribution is 2.68. The number of rotatable bonds is 5. The van der Waals surface area contributed by atoms with Crippen molar-refractivity contribution in [2.75, 3.05) is 0 Å². The lowest BCUT2D eigenvalue weighted by molar-refractivity contribution is -0.114. The van der Waals surface area contributed by atoms with Crippen LogP contribution in [0.5, 0.6) is 0 Å². The van der Waals surface area contributed by atoms with Gasteiger partial charge >= 0.3 is 0 Å². The van der Waals surface area contributed by atoms with E-state index in [9.17, 15) is 4.79 Å². The van der Waals surface area contributed by atoms with Crippen LogP contribution >= 0.6 is 0 Å². The fraction of sp³-hybridized carbons (Fsp3) is 0.889. The lowest BCUT2D eigenvalue weighted by atomic mass is 9.44. The van der Waals surface area contributed by atoms with Crippen LogP contribution in [0, 0.1) is 46.3 Å². The molecule has 1 unspecified atom stereocenters. The number of hydrogen-bond donors (Lipinski definition) is 1. The van der Waals surface area contributed by atoms with E-state index in [4.69, 9.17) is 5.73 Å². The molecule has 0 heterocycles. The molecule has 4 aliphatic carbocycles. The molecule has 2 heteroatoms. The second kappa shape index (κ2) is 8.04. The maximum Gasteiger partial charge on any atom is 0.244 e. The molecule has 1 amide bonds. The van der Waals surface area contributed by atoms with Gasteiger partial charge in [0.05, 0.1) is 0 Å². The van der Waals surface area contributed by atoms with Gasteiger partial charge in [0.15, 0.2) is 0 Å². The van der Waals surface area contributed by atoms with Crippen molar-refractivity contribution >= 4 is 5.91 Å². The van der Waals surface area contributed by atoms with E-state index in [1.54, 1.807) is 0 Å². The van der Waals surface area contributed by atoms with Crippen LogP contribution in [0.2, 0.25) is 0 Å². The third-order valence-corrected chi connectivity index (χ3v) is 10.8. The molecule has 4 saturated carbocycles. The first-order valence-electron chi connectivity index (χ1n) is 12.7. The number of primary amides is 1. The van der Waals surface area contributed by atoms with Crippen LogP contribution in [0.4, 0.5) is 0 Å². The summed E-state index contributed by atoms with van der Waals surface area (Å²) in [6.07, 6.45) is 19.2. The van der Waals surface area contributed by atoms with Crippen LogP contribution in [-0.4, -0.2) is 5.91 Å². The molecule has 0 aromatic rings. The molecule has 0 aromatic carbocycles. The van der Waals surface area contributed by atoms with Crippen LogP contribution in [0.15, 0.2) is 11.6 Å². The van der Waals surface area contributed by atoms with E-state index in [-0.39, 0.29) is 5.91 Å². The molecule has 2 nitrogen and oxygen atoms in total. The Labute approximate surface area is 179 Å². The van der Waals surface area contributed by atoms with Crippen molar-refractivity contribution in [2.24, 2.45) is 52.1 Å². The maximum absolute atomic E-state index is 11.3. The van der Waals surface area contributed by atoms with E-state index >= 15 is 0 Å². The third kappa shape index (κ3) is 3.61. The first-order chi connectivity index (χ1) is 13.8. The van der Waals surface area contributed by atoms with E-state index in [2.05, 4.69) is 26.8 Å². The van der Waals surface area contributed by atoms with E-state index in [0.29, 0.717) is 10.8 Å². The van der Waals surface area contributed by atoms with Crippen LogP contribution in [-0.2, 0) is 4.79 Å². The van der Waals surface area contributed by atoms with Crippen LogP contribution < -0.4 is 5.73 Å². The second-order valence-corrected chi connectivity index (χ2v) is 11.9. The Bertz CT molecular complexity index is 653. The maximum atomic E-state index is 11.3. The molecule has 164 valence electrons. The molecule has 2 N–H and O–H groups in total. The fourth-order valence-corrected chi connectivity index (χ4v) is 9.13. The number of hydrogen-bond acceptors (Lipinski definition) is 1. The Morgan fingerprint density at radius 3 is 2.52 bits per heavy atom. The van der Waals surface area contributed by atoms with Crippen LogP contribution in [0.1, 0.15) is 105 Å². The molecule has 4 fully saturated rings. The van der Waals surface area contributed by atoms with E-state index in [1.807, 2.05) is 6.92 Å². The van der Waals surface area contributed by atoms with Crippen LogP contribution in [0.3, 0.4) is 0 Å². The highest BCUT2D eigenvalue weighted by molar-refractivity contribution is 5.91. The molecule has 29 heavy (non-hydrogen) atoms. The number of allylic oxidation sites excluding steroid dienone is 1. The average Bonchev–Trinajstić information content (AvgIpc) is 3.04. The summed E-state index contributed by atoms with van der Waals surface area (Å²) in [5.41, 5.74) is 7.34. The van der Waals surface area contributed by atoms with E-state index < -0.39 is 0 Å². The molecule has 0 spiro atoms. The van der Waals surface area contributed by atoms with Gasteiger partial charge in [-0.05, 0) is 117 Å². The molecule has 0 radical (unpaired) electrons. The van der Waals surface area contributed by atoms with Crippen molar-refractivity contribution in [1.82, 2.24) is 0 Å². The van der Waals surface area contributed by atoms with Crippen molar-refractivity contribution in [2.45, 2.75) is 105 Å². The Balaban J connectivity index is 1.45. The molecule has 0 aliphatic heterocycles. The molecule has 0 aromatic heterocycles. The monoisotopic (exact) mass is 399 g/mol. The van der Waals surface area contributed by atoms with Crippen molar-refractivity contribution < 1.29 is 4.79 Å². The molecule has 8 atom stereocenters. The first kappa shape index (κ1) is 21.4. The smallest absolute Gasteiger partial charge is 0.244 e. The zero-order valence-corrected chi connectivity index (χ0v) is 19.5. The van der Waals surface area contributed by atoms with Gasteiger partial charge in [-0.15, -0.1) is 0 Å². The normalized spacial score (nSPS) is 45.8. The Morgan fingerprint density at radius 2 is 1.76 bits per heavy atom. The minimum Gasteiger partial charge on any atom is -0.366 e.